The molecule has 0 aromatic carbocycles. The van der Waals surface area contributed by atoms with Crippen molar-refractivity contribution in [2.75, 3.05) is 0 Å². The van der Waals surface area contributed by atoms with Crippen molar-refractivity contribution < 1.29 is 0 Å². The molecule has 1 aliphatic carbocycles. The lowest BCUT2D eigenvalue weighted by Gasteiger charge is -2.36. The van der Waals surface area contributed by atoms with E-state index in [9.17, 15) is 0 Å². The van der Waals surface area contributed by atoms with Crippen LogP contribution in [0.4, 0.5) is 0 Å². The predicted molar refractivity (Wildman–Crippen MR) is 86.2 cm³/mol. The third-order valence-corrected chi connectivity index (χ3v) is 4.81. The highest BCUT2D eigenvalue weighted by Crippen LogP contribution is 2.42. The van der Waals surface area contributed by atoms with Gasteiger partial charge in [-0.1, -0.05) is 0 Å². The molecule has 1 aliphatic rings. The van der Waals surface area contributed by atoms with Crippen LogP contribution in [0.15, 0.2) is 30.9 Å². The molecule has 0 bridgehead atoms. The number of fused-ring (bicyclic) bond motifs is 1. The summed E-state index contributed by atoms with van der Waals surface area (Å²) in [4.78, 5) is 3.05. The van der Waals surface area contributed by atoms with Crippen molar-refractivity contribution in [3.05, 3.63) is 30.9 Å². The minimum absolute atomic E-state index is 0.0184. The number of nitrogens with one attached hydrogen (secondary N) is 1. The fourth-order valence-corrected chi connectivity index (χ4v) is 3.41. The Morgan fingerprint density at radius 1 is 1.33 bits per heavy atom. The molecule has 1 atom stereocenters. The Morgan fingerprint density at radius 3 is 3.00 bits per heavy atom. The highest BCUT2D eigenvalue weighted by Gasteiger charge is 2.36. The number of hydrogen-bond acceptors (Lipinski definition) is 5. The first-order chi connectivity index (χ1) is 11.8. The van der Waals surface area contributed by atoms with E-state index in [-0.39, 0.29) is 12.0 Å². The van der Waals surface area contributed by atoms with Gasteiger partial charge in [0, 0.05) is 34.8 Å². The number of aromatic amines is 1. The second-order valence-corrected chi connectivity index (χ2v) is 6.19. The second-order valence-electron chi connectivity index (χ2n) is 6.19. The Morgan fingerprint density at radius 2 is 2.21 bits per heavy atom. The molecule has 1 fully saturated rings. The molecule has 0 saturated heterocycles. The number of nitrogens with zero attached hydrogens (tertiary/aromatic N) is 6. The van der Waals surface area contributed by atoms with Crippen molar-refractivity contribution in [1.82, 2.24) is 25.0 Å². The first-order valence-corrected chi connectivity index (χ1v) is 7.90. The summed E-state index contributed by atoms with van der Waals surface area (Å²) >= 11 is 0. The van der Waals surface area contributed by atoms with E-state index in [4.69, 9.17) is 10.5 Å². The van der Waals surface area contributed by atoms with Gasteiger partial charge in [-0.05, 0) is 24.8 Å². The number of nitriles is 2. The SMILES string of the molecule is N#CCC(C1CC(C#N)C1)n1cc(-c2cnnc3[nH]ccc23)cn1. The van der Waals surface area contributed by atoms with Crippen LogP contribution >= 0.6 is 0 Å². The Bertz CT molecular complexity index is 949. The normalized spacial score (nSPS) is 20.9. The molecule has 24 heavy (non-hydrogen) atoms. The molecule has 3 aromatic rings. The van der Waals surface area contributed by atoms with Crippen LogP contribution in [0.2, 0.25) is 0 Å². The van der Waals surface area contributed by atoms with Crippen molar-refractivity contribution in [3.8, 4) is 23.3 Å². The molecule has 0 amide bonds. The summed E-state index contributed by atoms with van der Waals surface area (Å²) in [5, 5.41) is 31.7. The zero-order chi connectivity index (χ0) is 16.5. The summed E-state index contributed by atoms with van der Waals surface area (Å²) < 4.78 is 1.87. The molecule has 7 nitrogen and oxygen atoms in total. The number of rotatable bonds is 4. The van der Waals surface area contributed by atoms with Gasteiger partial charge in [0.15, 0.2) is 5.65 Å². The molecule has 4 rings (SSSR count). The van der Waals surface area contributed by atoms with E-state index in [0.717, 1.165) is 35.0 Å². The Kier molecular flexibility index (Phi) is 3.47. The molecule has 0 radical (unpaired) electrons. The van der Waals surface area contributed by atoms with Crippen molar-refractivity contribution in [1.29, 1.82) is 10.5 Å². The molecule has 7 heteroatoms. The fourth-order valence-electron chi connectivity index (χ4n) is 3.41. The van der Waals surface area contributed by atoms with Crippen molar-refractivity contribution in [2.45, 2.75) is 25.3 Å². The standard InChI is InChI=1S/C17H15N7/c18-3-1-16(12-5-11(6-12)7-19)24-10-13(8-22-24)15-9-21-23-17-14(15)2-4-20-17/h2,4,8-12,16H,1,5-6H2,(H,20,23). The predicted octanol–water partition coefficient (Wildman–Crippen LogP) is 2.83. The first kappa shape index (κ1) is 14.4. The second kappa shape index (κ2) is 5.78. The van der Waals surface area contributed by atoms with Gasteiger partial charge in [-0.2, -0.15) is 20.7 Å². The van der Waals surface area contributed by atoms with Crippen molar-refractivity contribution >= 4 is 11.0 Å². The first-order valence-electron chi connectivity index (χ1n) is 7.90. The molecular weight excluding hydrogens is 302 g/mol. The molecule has 118 valence electrons. The van der Waals surface area contributed by atoms with Crippen LogP contribution in [0.1, 0.15) is 25.3 Å². The van der Waals surface area contributed by atoms with Crippen molar-refractivity contribution in [2.24, 2.45) is 11.8 Å². The van der Waals surface area contributed by atoms with Gasteiger partial charge in [-0.15, -0.1) is 5.10 Å². The number of hydrogen-bond donors (Lipinski definition) is 1. The largest absolute Gasteiger partial charge is 0.345 e. The van der Waals surface area contributed by atoms with E-state index in [2.05, 4.69) is 32.4 Å². The van der Waals surface area contributed by atoms with Crippen LogP contribution in [0.5, 0.6) is 0 Å². The number of H-pyrrole nitrogens is 1. The third kappa shape index (κ3) is 2.31. The quantitative estimate of drug-likeness (QED) is 0.796. The third-order valence-electron chi connectivity index (χ3n) is 4.81. The van der Waals surface area contributed by atoms with Gasteiger partial charge in [0.05, 0.1) is 37.0 Å². The zero-order valence-corrected chi connectivity index (χ0v) is 12.9. The van der Waals surface area contributed by atoms with Gasteiger partial charge >= 0.3 is 0 Å². The molecular formula is C17H15N7. The zero-order valence-electron chi connectivity index (χ0n) is 12.9. The lowest BCUT2D eigenvalue weighted by atomic mass is 9.71. The lowest BCUT2D eigenvalue weighted by Crippen LogP contribution is -2.31. The molecule has 3 aromatic heterocycles. The summed E-state index contributed by atoms with van der Waals surface area (Å²) in [6, 6.07) is 6.53. The van der Waals surface area contributed by atoms with Crippen LogP contribution in [-0.2, 0) is 0 Å². The van der Waals surface area contributed by atoms with E-state index in [1.165, 1.54) is 0 Å². The van der Waals surface area contributed by atoms with Gasteiger partial charge < -0.3 is 4.98 Å². The molecule has 1 unspecified atom stereocenters. The average molecular weight is 317 g/mol. The van der Waals surface area contributed by atoms with E-state index >= 15 is 0 Å². The van der Waals surface area contributed by atoms with Gasteiger partial charge in [0.1, 0.15) is 0 Å². The van der Waals surface area contributed by atoms with E-state index in [0.29, 0.717) is 12.3 Å². The topological polar surface area (TPSA) is 107 Å². The monoisotopic (exact) mass is 317 g/mol. The van der Waals surface area contributed by atoms with E-state index in [1.54, 1.807) is 12.4 Å². The molecule has 0 aliphatic heterocycles. The lowest BCUT2D eigenvalue weighted by molar-refractivity contribution is 0.156. The van der Waals surface area contributed by atoms with Gasteiger partial charge in [0.2, 0.25) is 0 Å². The fraction of sp³-hybridized carbons (Fsp3) is 0.353. The summed E-state index contributed by atoms with van der Waals surface area (Å²) in [5.74, 6) is 0.458. The summed E-state index contributed by atoms with van der Waals surface area (Å²) in [5.41, 5.74) is 2.66. The number of aromatic nitrogens is 5. The Labute approximate surface area is 138 Å². The molecule has 1 N–H and O–H groups in total. The van der Waals surface area contributed by atoms with E-state index in [1.807, 2.05) is 23.1 Å². The maximum absolute atomic E-state index is 9.15. The van der Waals surface area contributed by atoms with Gasteiger partial charge in [0.25, 0.3) is 0 Å². The highest BCUT2D eigenvalue weighted by molar-refractivity contribution is 5.91. The van der Waals surface area contributed by atoms with Crippen LogP contribution in [0.25, 0.3) is 22.2 Å². The molecule has 0 spiro atoms. The van der Waals surface area contributed by atoms with E-state index < -0.39 is 0 Å². The van der Waals surface area contributed by atoms with Gasteiger partial charge in [-0.3, -0.25) is 4.68 Å². The Hall–Kier alpha value is -3.19. The van der Waals surface area contributed by atoms with Crippen LogP contribution in [-0.4, -0.2) is 25.0 Å². The minimum atomic E-state index is 0.0184. The van der Waals surface area contributed by atoms with Gasteiger partial charge in [-0.25, -0.2) is 0 Å². The maximum Gasteiger partial charge on any atom is 0.160 e. The average Bonchev–Trinajstić information content (AvgIpc) is 3.22. The maximum atomic E-state index is 9.15. The van der Waals surface area contributed by atoms with Crippen LogP contribution in [0.3, 0.4) is 0 Å². The minimum Gasteiger partial charge on any atom is -0.345 e. The summed E-state index contributed by atoms with van der Waals surface area (Å²) in [6.45, 7) is 0. The molecule has 3 heterocycles. The van der Waals surface area contributed by atoms with Crippen molar-refractivity contribution in [3.63, 3.8) is 0 Å². The summed E-state index contributed by atoms with van der Waals surface area (Å²) in [6.07, 6.45) is 9.42. The summed E-state index contributed by atoms with van der Waals surface area (Å²) in [7, 11) is 0. The smallest absolute Gasteiger partial charge is 0.160 e. The highest BCUT2D eigenvalue weighted by atomic mass is 15.3. The van der Waals surface area contributed by atoms with Crippen LogP contribution in [0, 0.1) is 34.5 Å². The molecule has 1 saturated carbocycles. The van der Waals surface area contributed by atoms with Crippen LogP contribution < -0.4 is 0 Å². The Balaban J connectivity index is 1.65.